The van der Waals surface area contributed by atoms with Crippen molar-refractivity contribution in [2.24, 2.45) is 5.73 Å². The summed E-state index contributed by atoms with van der Waals surface area (Å²) in [6.07, 6.45) is 2.49. The molecule has 0 radical (unpaired) electrons. The number of halogens is 1. The molecule has 1 aromatic carbocycles. The molecule has 0 aliphatic carbocycles. The molecule has 2 N–H and O–H groups in total. The standard InChI is InChI=1S/C18H21N5OS.ClH/c19-9-11-22(10-8-15-5-2-1-3-6-15)18(24)17-14-23(21-20-17)13-16-7-4-12-25-16;/h1-7,12,14H,8-11,13,19H2;1H. The number of carbonyl (C=O) groups is 1. The lowest BCUT2D eigenvalue weighted by Gasteiger charge is -2.20. The highest BCUT2D eigenvalue weighted by Crippen LogP contribution is 2.11. The molecule has 1 amide bonds. The first-order valence-corrected chi connectivity index (χ1v) is 9.10. The summed E-state index contributed by atoms with van der Waals surface area (Å²) in [5.41, 5.74) is 7.23. The Balaban J connectivity index is 0.00000243. The summed E-state index contributed by atoms with van der Waals surface area (Å²) >= 11 is 1.66. The van der Waals surface area contributed by atoms with E-state index in [1.54, 1.807) is 27.1 Å². The second kappa shape index (κ2) is 10.1. The molecule has 0 saturated heterocycles. The molecular weight excluding hydrogens is 370 g/mol. The van der Waals surface area contributed by atoms with Crippen LogP contribution in [-0.2, 0) is 13.0 Å². The van der Waals surface area contributed by atoms with E-state index < -0.39 is 0 Å². The van der Waals surface area contributed by atoms with Crippen LogP contribution < -0.4 is 5.73 Å². The van der Waals surface area contributed by atoms with Crippen molar-refractivity contribution >= 4 is 29.7 Å². The molecule has 138 valence electrons. The summed E-state index contributed by atoms with van der Waals surface area (Å²) in [5, 5.41) is 10.1. The average Bonchev–Trinajstić information content (AvgIpc) is 3.31. The van der Waals surface area contributed by atoms with Crippen LogP contribution in [0, 0.1) is 0 Å². The van der Waals surface area contributed by atoms with Crippen LogP contribution in [0.4, 0.5) is 0 Å². The molecule has 0 aliphatic heterocycles. The first-order valence-electron chi connectivity index (χ1n) is 8.22. The first-order chi connectivity index (χ1) is 12.3. The second-order valence-corrected chi connectivity index (χ2v) is 6.73. The lowest BCUT2D eigenvalue weighted by Crippen LogP contribution is -2.37. The number of hydrogen-bond donors (Lipinski definition) is 1. The van der Waals surface area contributed by atoms with E-state index in [9.17, 15) is 4.79 Å². The number of rotatable bonds is 8. The zero-order valence-electron chi connectivity index (χ0n) is 14.3. The van der Waals surface area contributed by atoms with Gasteiger partial charge in [-0.25, -0.2) is 4.68 Å². The van der Waals surface area contributed by atoms with Crippen molar-refractivity contribution in [3.8, 4) is 0 Å². The molecule has 0 aliphatic rings. The molecule has 0 bridgehead atoms. The van der Waals surface area contributed by atoms with E-state index in [1.807, 2.05) is 35.7 Å². The van der Waals surface area contributed by atoms with Gasteiger partial charge >= 0.3 is 0 Å². The fourth-order valence-corrected chi connectivity index (χ4v) is 3.27. The van der Waals surface area contributed by atoms with Gasteiger partial charge in [-0.05, 0) is 23.4 Å². The van der Waals surface area contributed by atoms with Gasteiger partial charge in [0.15, 0.2) is 5.69 Å². The number of carbonyl (C=O) groups excluding carboxylic acids is 1. The van der Waals surface area contributed by atoms with Crippen molar-refractivity contribution < 1.29 is 4.79 Å². The second-order valence-electron chi connectivity index (χ2n) is 5.70. The summed E-state index contributed by atoms with van der Waals surface area (Å²) in [7, 11) is 0. The van der Waals surface area contributed by atoms with E-state index in [0.717, 1.165) is 6.42 Å². The van der Waals surface area contributed by atoms with Crippen molar-refractivity contribution in [2.75, 3.05) is 19.6 Å². The van der Waals surface area contributed by atoms with Gasteiger partial charge in [-0.3, -0.25) is 4.79 Å². The number of nitrogens with two attached hydrogens (primary N) is 1. The Kier molecular flexibility index (Phi) is 7.77. The Morgan fingerprint density at radius 2 is 1.96 bits per heavy atom. The third-order valence-electron chi connectivity index (χ3n) is 3.86. The molecule has 2 aromatic heterocycles. The number of hydrogen-bond acceptors (Lipinski definition) is 5. The van der Waals surface area contributed by atoms with Gasteiger partial charge in [0.1, 0.15) is 0 Å². The SMILES string of the molecule is Cl.NCCN(CCc1ccccc1)C(=O)c1cn(Cc2cccs2)nn1. The molecule has 0 unspecified atom stereocenters. The Morgan fingerprint density at radius 1 is 1.15 bits per heavy atom. The summed E-state index contributed by atoms with van der Waals surface area (Å²) in [6, 6.07) is 14.1. The van der Waals surface area contributed by atoms with Crippen LogP contribution in [0.3, 0.4) is 0 Å². The fraction of sp³-hybridized carbons (Fsp3) is 0.278. The minimum atomic E-state index is -0.126. The van der Waals surface area contributed by atoms with Gasteiger partial charge in [-0.1, -0.05) is 41.6 Å². The average molecular weight is 392 g/mol. The minimum Gasteiger partial charge on any atom is -0.336 e. The van der Waals surface area contributed by atoms with E-state index in [0.29, 0.717) is 31.9 Å². The number of nitrogens with zero attached hydrogens (tertiary/aromatic N) is 4. The largest absolute Gasteiger partial charge is 0.336 e. The van der Waals surface area contributed by atoms with Crippen LogP contribution in [0.5, 0.6) is 0 Å². The number of benzene rings is 1. The topological polar surface area (TPSA) is 77.0 Å². The lowest BCUT2D eigenvalue weighted by molar-refractivity contribution is 0.0756. The lowest BCUT2D eigenvalue weighted by atomic mass is 10.1. The van der Waals surface area contributed by atoms with Gasteiger partial charge in [0.05, 0.1) is 12.7 Å². The van der Waals surface area contributed by atoms with Crippen molar-refractivity contribution in [1.29, 1.82) is 0 Å². The van der Waals surface area contributed by atoms with Crippen molar-refractivity contribution in [3.63, 3.8) is 0 Å². The van der Waals surface area contributed by atoms with Crippen molar-refractivity contribution in [3.05, 3.63) is 70.2 Å². The highest BCUT2D eigenvalue weighted by molar-refractivity contribution is 7.09. The summed E-state index contributed by atoms with van der Waals surface area (Å²) in [5.74, 6) is -0.126. The number of aromatic nitrogens is 3. The fourth-order valence-electron chi connectivity index (χ4n) is 2.58. The van der Waals surface area contributed by atoms with Gasteiger partial charge in [0.2, 0.25) is 0 Å². The zero-order chi connectivity index (χ0) is 17.5. The van der Waals surface area contributed by atoms with Crippen molar-refractivity contribution in [1.82, 2.24) is 19.9 Å². The predicted molar refractivity (Wildman–Crippen MR) is 106 cm³/mol. The van der Waals surface area contributed by atoms with E-state index in [4.69, 9.17) is 5.73 Å². The predicted octanol–water partition coefficient (Wildman–Crippen LogP) is 2.45. The molecule has 2 heterocycles. The molecule has 6 nitrogen and oxygen atoms in total. The van der Waals surface area contributed by atoms with Gasteiger partial charge in [-0.2, -0.15) is 0 Å². The van der Waals surface area contributed by atoms with E-state index in [1.165, 1.54) is 10.4 Å². The van der Waals surface area contributed by atoms with E-state index >= 15 is 0 Å². The third-order valence-corrected chi connectivity index (χ3v) is 4.72. The quantitative estimate of drug-likeness (QED) is 0.639. The highest BCUT2D eigenvalue weighted by atomic mass is 35.5. The maximum atomic E-state index is 12.7. The third kappa shape index (κ3) is 5.39. The molecule has 26 heavy (non-hydrogen) atoms. The van der Waals surface area contributed by atoms with Crippen LogP contribution in [-0.4, -0.2) is 45.4 Å². The Bertz CT molecular complexity index is 791. The number of thiophene rings is 1. The van der Waals surface area contributed by atoms with Gasteiger partial charge in [0, 0.05) is 24.5 Å². The van der Waals surface area contributed by atoms with Gasteiger partial charge in [0.25, 0.3) is 5.91 Å². The molecule has 0 atom stereocenters. The Morgan fingerprint density at radius 3 is 2.65 bits per heavy atom. The molecule has 3 aromatic rings. The summed E-state index contributed by atoms with van der Waals surface area (Å²) in [6.45, 7) is 2.16. The molecule has 8 heteroatoms. The van der Waals surface area contributed by atoms with Crippen LogP contribution in [0.1, 0.15) is 20.9 Å². The zero-order valence-corrected chi connectivity index (χ0v) is 16.0. The maximum Gasteiger partial charge on any atom is 0.276 e. The number of amides is 1. The molecule has 0 saturated carbocycles. The van der Waals surface area contributed by atoms with Crippen LogP contribution in [0.15, 0.2) is 54.0 Å². The van der Waals surface area contributed by atoms with E-state index in [-0.39, 0.29) is 18.3 Å². The Labute approximate surface area is 163 Å². The molecule has 0 fully saturated rings. The summed E-state index contributed by atoms with van der Waals surface area (Å²) < 4.78 is 1.69. The Hall–Kier alpha value is -2.22. The van der Waals surface area contributed by atoms with Crippen molar-refractivity contribution in [2.45, 2.75) is 13.0 Å². The minimum absolute atomic E-state index is 0. The van der Waals surface area contributed by atoms with Crippen LogP contribution >= 0.6 is 23.7 Å². The molecule has 3 rings (SSSR count). The first kappa shape index (κ1) is 20.1. The van der Waals surface area contributed by atoms with Gasteiger partial charge in [-0.15, -0.1) is 28.8 Å². The monoisotopic (exact) mass is 391 g/mol. The van der Waals surface area contributed by atoms with E-state index in [2.05, 4.69) is 22.4 Å². The molecular formula is C18H22ClN5OS. The van der Waals surface area contributed by atoms with Gasteiger partial charge < -0.3 is 10.6 Å². The smallest absolute Gasteiger partial charge is 0.276 e. The highest BCUT2D eigenvalue weighted by Gasteiger charge is 2.18. The summed E-state index contributed by atoms with van der Waals surface area (Å²) in [4.78, 5) is 15.6. The maximum absolute atomic E-state index is 12.7. The van der Waals surface area contributed by atoms with Crippen LogP contribution in [0.25, 0.3) is 0 Å². The molecule has 0 spiro atoms. The van der Waals surface area contributed by atoms with Crippen LogP contribution in [0.2, 0.25) is 0 Å². The normalized spacial score (nSPS) is 10.3.